The summed E-state index contributed by atoms with van der Waals surface area (Å²) in [6, 6.07) is 23.3. The van der Waals surface area contributed by atoms with E-state index < -0.39 is 0 Å². The van der Waals surface area contributed by atoms with Crippen LogP contribution in [0.5, 0.6) is 0 Å². The third-order valence-corrected chi connectivity index (χ3v) is 7.20. The molecule has 0 unspecified atom stereocenters. The molecule has 2 aliphatic heterocycles. The fourth-order valence-corrected chi connectivity index (χ4v) is 5.71. The van der Waals surface area contributed by atoms with E-state index in [2.05, 4.69) is 34.6 Å². The molecule has 31 heavy (non-hydrogen) atoms. The van der Waals surface area contributed by atoms with E-state index in [-0.39, 0.29) is 11.9 Å². The second-order valence-corrected chi connectivity index (χ2v) is 9.15. The first-order chi connectivity index (χ1) is 15.2. The number of halogens is 2. The molecule has 5 heteroatoms. The zero-order valence-corrected chi connectivity index (χ0v) is 18.1. The molecule has 1 atom stereocenters. The van der Waals surface area contributed by atoms with E-state index in [4.69, 9.17) is 16.6 Å². The number of hydrogen-bond donors (Lipinski definition) is 0. The van der Waals surface area contributed by atoms with E-state index in [0.29, 0.717) is 5.02 Å². The number of amidine groups is 1. The first-order valence-electron chi connectivity index (χ1n) is 10.3. The highest BCUT2D eigenvalue weighted by Crippen LogP contribution is 2.51. The van der Waals surface area contributed by atoms with Gasteiger partial charge in [0.05, 0.1) is 17.4 Å². The summed E-state index contributed by atoms with van der Waals surface area (Å²) in [5.74, 6) is -0.221. The average Bonchev–Trinajstić information content (AvgIpc) is 3.22. The lowest BCUT2D eigenvalue weighted by Gasteiger charge is -2.39. The summed E-state index contributed by atoms with van der Waals surface area (Å²) in [7, 11) is 0. The molecule has 152 valence electrons. The van der Waals surface area contributed by atoms with Crippen molar-refractivity contribution in [1.29, 1.82) is 0 Å². The highest BCUT2D eigenvalue weighted by atomic mass is 35.5. The number of rotatable bonds is 2. The van der Waals surface area contributed by atoms with Gasteiger partial charge in [-0.25, -0.2) is 9.38 Å². The third kappa shape index (κ3) is 3.13. The van der Waals surface area contributed by atoms with E-state index in [9.17, 15) is 4.39 Å². The van der Waals surface area contributed by atoms with Crippen molar-refractivity contribution in [2.45, 2.75) is 18.9 Å². The number of aliphatic imine (C=N–C) groups is 1. The molecule has 0 N–H and O–H groups in total. The van der Waals surface area contributed by atoms with Crippen LogP contribution < -0.4 is 0 Å². The molecule has 0 saturated carbocycles. The van der Waals surface area contributed by atoms with Crippen LogP contribution in [0.4, 0.5) is 4.39 Å². The van der Waals surface area contributed by atoms with Gasteiger partial charge < -0.3 is 4.90 Å². The van der Waals surface area contributed by atoms with Crippen molar-refractivity contribution >= 4 is 39.9 Å². The summed E-state index contributed by atoms with van der Waals surface area (Å²) in [6.07, 6.45) is 1.92. The van der Waals surface area contributed by atoms with E-state index in [1.165, 1.54) is 16.7 Å². The molecule has 6 rings (SSSR count). The Balaban J connectivity index is 1.53. The van der Waals surface area contributed by atoms with Crippen LogP contribution >= 0.6 is 23.4 Å². The van der Waals surface area contributed by atoms with Gasteiger partial charge in [0, 0.05) is 16.0 Å². The molecule has 1 aliphatic carbocycles. The Labute approximate surface area is 189 Å². The molecule has 3 aromatic carbocycles. The largest absolute Gasteiger partial charge is 0.308 e. The van der Waals surface area contributed by atoms with Crippen molar-refractivity contribution in [3.63, 3.8) is 0 Å². The molecule has 0 bridgehead atoms. The van der Waals surface area contributed by atoms with Crippen LogP contribution in [0.2, 0.25) is 5.02 Å². The average molecular weight is 445 g/mol. The SMILES string of the molecule is Fc1ccc([C@H]2C3=C(N=C4SC=C(c5ccc(Cl)cc5)N42)c2ccccc2CC3)cc1. The minimum atomic E-state index is -0.221. The Morgan fingerprint density at radius 1 is 0.935 bits per heavy atom. The van der Waals surface area contributed by atoms with Gasteiger partial charge in [-0.2, -0.15) is 0 Å². The first-order valence-corrected chi connectivity index (χ1v) is 11.5. The second-order valence-electron chi connectivity index (χ2n) is 7.88. The highest BCUT2D eigenvalue weighted by Gasteiger charge is 2.40. The summed E-state index contributed by atoms with van der Waals surface area (Å²) < 4.78 is 13.8. The molecule has 0 fully saturated rings. The van der Waals surface area contributed by atoms with Crippen molar-refractivity contribution in [2.24, 2.45) is 4.99 Å². The molecule has 0 saturated heterocycles. The summed E-state index contributed by atoms with van der Waals surface area (Å²) in [4.78, 5) is 7.43. The van der Waals surface area contributed by atoms with Gasteiger partial charge in [-0.15, -0.1) is 0 Å². The lowest BCUT2D eigenvalue weighted by atomic mass is 9.82. The van der Waals surface area contributed by atoms with Gasteiger partial charge in [0.2, 0.25) is 0 Å². The van der Waals surface area contributed by atoms with Gasteiger partial charge in [-0.1, -0.05) is 71.9 Å². The molecule has 0 radical (unpaired) electrons. The molecule has 3 aliphatic rings. The smallest absolute Gasteiger partial charge is 0.174 e. The number of aryl methyl sites for hydroxylation is 1. The number of fused-ring (bicyclic) bond motifs is 3. The zero-order valence-electron chi connectivity index (χ0n) is 16.6. The lowest BCUT2D eigenvalue weighted by Crippen LogP contribution is -2.34. The fraction of sp³-hybridized carbons (Fsp3) is 0.115. The third-order valence-electron chi connectivity index (χ3n) is 6.10. The Bertz CT molecular complexity index is 1280. The second kappa shape index (κ2) is 7.40. The van der Waals surface area contributed by atoms with Crippen LogP contribution in [0.15, 0.2) is 88.8 Å². The highest BCUT2D eigenvalue weighted by molar-refractivity contribution is 8.16. The number of benzene rings is 3. The predicted molar refractivity (Wildman–Crippen MR) is 127 cm³/mol. The Morgan fingerprint density at radius 3 is 2.52 bits per heavy atom. The van der Waals surface area contributed by atoms with Crippen LogP contribution in [0.1, 0.15) is 34.7 Å². The summed E-state index contributed by atoms with van der Waals surface area (Å²) in [5.41, 5.74) is 8.17. The van der Waals surface area contributed by atoms with Gasteiger partial charge in [-0.3, -0.25) is 0 Å². The van der Waals surface area contributed by atoms with Crippen molar-refractivity contribution in [2.75, 3.05) is 0 Å². The van der Waals surface area contributed by atoms with E-state index in [1.807, 2.05) is 36.4 Å². The fourth-order valence-electron chi connectivity index (χ4n) is 4.66. The Morgan fingerprint density at radius 2 is 1.71 bits per heavy atom. The monoisotopic (exact) mass is 444 g/mol. The van der Waals surface area contributed by atoms with Crippen molar-refractivity contribution in [1.82, 2.24) is 4.90 Å². The zero-order chi connectivity index (χ0) is 20.9. The van der Waals surface area contributed by atoms with Crippen LogP contribution in [0.3, 0.4) is 0 Å². The molecule has 2 nitrogen and oxygen atoms in total. The molecule has 2 heterocycles. The summed E-state index contributed by atoms with van der Waals surface area (Å²) in [6.45, 7) is 0. The van der Waals surface area contributed by atoms with Crippen LogP contribution in [0.25, 0.3) is 11.4 Å². The van der Waals surface area contributed by atoms with Crippen LogP contribution in [0, 0.1) is 5.82 Å². The molecule has 0 amide bonds. The van der Waals surface area contributed by atoms with Crippen LogP contribution in [-0.2, 0) is 6.42 Å². The number of thioether (sulfide) groups is 1. The van der Waals surface area contributed by atoms with Crippen LogP contribution in [-0.4, -0.2) is 10.1 Å². The standard InChI is InChI=1S/C26H18ClFN2S/c27-19-10-5-17(6-11-19)23-15-31-26-29-24-21-4-2-1-3-16(21)9-14-22(24)25(30(23)26)18-7-12-20(28)13-8-18/h1-8,10-13,15,25H,9,14H2/t25-/m0/s1. The normalized spacial score (nSPS) is 19.4. The number of nitrogens with zero attached hydrogens (tertiary/aromatic N) is 2. The molecular weight excluding hydrogens is 427 g/mol. The van der Waals surface area contributed by atoms with Crippen molar-refractivity contribution < 1.29 is 4.39 Å². The maximum Gasteiger partial charge on any atom is 0.174 e. The summed E-state index contributed by atoms with van der Waals surface area (Å²) >= 11 is 7.77. The molecular formula is C26H18ClFN2S. The lowest BCUT2D eigenvalue weighted by molar-refractivity contribution is 0.473. The van der Waals surface area contributed by atoms with Gasteiger partial charge in [0.25, 0.3) is 0 Å². The van der Waals surface area contributed by atoms with Gasteiger partial charge in [0.15, 0.2) is 5.17 Å². The topological polar surface area (TPSA) is 15.6 Å². The van der Waals surface area contributed by atoms with Crippen molar-refractivity contribution in [3.8, 4) is 0 Å². The van der Waals surface area contributed by atoms with E-state index >= 15 is 0 Å². The predicted octanol–water partition coefficient (Wildman–Crippen LogP) is 7.29. The van der Waals surface area contributed by atoms with Crippen molar-refractivity contribution in [3.05, 3.63) is 117 Å². The Kier molecular flexibility index (Phi) is 4.51. The quantitative estimate of drug-likeness (QED) is 0.412. The van der Waals surface area contributed by atoms with E-state index in [0.717, 1.165) is 40.5 Å². The van der Waals surface area contributed by atoms with Gasteiger partial charge in [0.1, 0.15) is 5.82 Å². The molecule has 0 spiro atoms. The maximum absolute atomic E-state index is 13.8. The van der Waals surface area contributed by atoms with Gasteiger partial charge in [-0.05, 0) is 59.4 Å². The Hall–Kier alpha value is -2.82. The summed E-state index contributed by atoms with van der Waals surface area (Å²) in [5, 5.41) is 3.82. The minimum absolute atomic E-state index is 0.0200. The number of hydrogen-bond acceptors (Lipinski definition) is 3. The molecule has 0 aromatic heterocycles. The maximum atomic E-state index is 13.8. The van der Waals surface area contributed by atoms with E-state index in [1.54, 1.807) is 23.9 Å². The van der Waals surface area contributed by atoms with Gasteiger partial charge >= 0.3 is 0 Å². The first kappa shape index (κ1) is 18.9. The minimum Gasteiger partial charge on any atom is -0.308 e. The molecule has 3 aromatic rings.